The molecule has 0 atom stereocenters. The van der Waals surface area contributed by atoms with Crippen LogP contribution in [0.25, 0.3) is 5.69 Å². The molecule has 6 heteroatoms. The maximum absolute atomic E-state index is 13.6. The van der Waals surface area contributed by atoms with Crippen LogP contribution in [0.4, 0.5) is 14.5 Å². The van der Waals surface area contributed by atoms with Crippen molar-refractivity contribution in [3.05, 3.63) is 72.3 Å². The molecular weight excluding hydrogens is 274 g/mol. The van der Waals surface area contributed by atoms with Crippen molar-refractivity contribution in [2.24, 2.45) is 0 Å². The summed E-state index contributed by atoms with van der Waals surface area (Å²) in [6.07, 6.45) is 2.98. The summed E-state index contributed by atoms with van der Waals surface area (Å²) in [4.78, 5) is 3.89. The summed E-state index contributed by atoms with van der Waals surface area (Å²) in [5, 5.41) is 7.09. The molecule has 2 aromatic carbocycles. The number of para-hydroxylation sites is 2. The van der Waals surface area contributed by atoms with Gasteiger partial charge in [-0.25, -0.2) is 18.4 Å². The zero-order valence-corrected chi connectivity index (χ0v) is 11.0. The predicted molar refractivity (Wildman–Crippen MR) is 75.0 cm³/mol. The van der Waals surface area contributed by atoms with Crippen molar-refractivity contribution < 1.29 is 8.78 Å². The SMILES string of the molecule is Fc1cccc(F)c1CNc1ccccc1-n1cncn1. The number of anilines is 1. The summed E-state index contributed by atoms with van der Waals surface area (Å²) in [5.74, 6) is -1.14. The molecule has 1 aromatic heterocycles. The van der Waals surface area contributed by atoms with Gasteiger partial charge in [-0.15, -0.1) is 0 Å². The first-order valence-corrected chi connectivity index (χ1v) is 6.36. The van der Waals surface area contributed by atoms with Gasteiger partial charge in [0.1, 0.15) is 24.3 Å². The Hall–Kier alpha value is -2.76. The van der Waals surface area contributed by atoms with Gasteiger partial charge >= 0.3 is 0 Å². The number of nitrogens with one attached hydrogen (secondary N) is 1. The Balaban J connectivity index is 1.86. The lowest BCUT2D eigenvalue weighted by atomic mass is 10.2. The first-order valence-electron chi connectivity index (χ1n) is 6.36. The Labute approximate surface area is 120 Å². The Kier molecular flexibility index (Phi) is 3.59. The summed E-state index contributed by atoms with van der Waals surface area (Å²) in [6, 6.07) is 11.2. The highest BCUT2D eigenvalue weighted by atomic mass is 19.1. The summed E-state index contributed by atoms with van der Waals surface area (Å²) in [5.41, 5.74) is 1.48. The molecule has 1 N–H and O–H groups in total. The highest BCUT2D eigenvalue weighted by Gasteiger charge is 2.10. The molecule has 3 rings (SSSR count). The van der Waals surface area contributed by atoms with Crippen molar-refractivity contribution in [1.82, 2.24) is 14.8 Å². The zero-order chi connectivity index (χ0) is 14.7. The molecule has 0 fully saturated rings. The molecule has 0 aliphatic carbocycles. The number of hydrogen-bond acceptors (Lipinski definition) is 3. The van der Waals surface area contributed by atoms with E-state index in [4.69, 9.17) is 0 Å². The number of nitrogens with zero attached hydrogens (tertiary/aromatic N) is 3. The van der Waals surface area contributed by atoms with E-state index >= 15 is 0 Å². The fourth-order valence-corrected chi connectivity index (χ4v) is 2.04. The lowest BCUT2D eigenvalue weighted by Gasteiger charge is -2.12. The quantitative estimate of drug-likeness (QED) is 0.801. The molecule has 0 radical (unpaired) electrons. The van der Waals surface area contributed by atoms with Gasteiger partial charge < -0.3 is 5.32 Å². The molecule has 0 aliphatic rings. The van der Waals surface area contributed by atoms with E-state index in [9.17, 15) is 8.78 Å². The lowest BCUT2D eigenvalue weighted by molar-refractivity contribution is 0.560. The van der Waals surface area contributed by atoms with Gasteiger partial charge in [0.15, 0.2) is 0 Å². The van der Waals surface area contributed by atoms with Crippen molar-refractivity contribution in [3.63, 3.8) is 0 Å². The molecule has 1 heterocycles. The highest BCUT2D eigenvalue weighted by Crippen LogP contribution is 2.21. The van der Waals surface area contributed by atoms with Crippen LogP contribution in [0.1, 0.15) is 5.56 Å². The smallest absolute Gasteiger partial charge is 0.138 e. The molecule has 21 heavy (non-hydrogen) atoms. The number of halogens is 2. The standard InChI is InChI=1S/C15H12F2N4/c16-12-4-3-5-13(17)11(12)8-19-14-6-1-2-7-15(14)21-10-18-9-20-21/h1-7,9-10,19H,8H2. The average Bonchev–Trinajstić information content (AvgIpc) is 3.01. The normalized spacial score (nSPS) is 10.6. The maximum Gasteiger partial charge on any atom is 0.138 e. The Morgan fingerprint density at radius 1 is 1.00 bits per heavy atom. The van der Waals surface area contributed by atoms with Gasteiger partial charge in [0.2, 0.25) is 0 Å². The van der Waals surface area contributed by atoms with Crippen LogP contribution in [0.2, 0.25) is 0 Å². The molecule has 0 saturated carbocycles. The maximum atomic E-state index is 13.6. The molecule has 0 aliphatic heterocycles. The van der Waals surface area contributed by atoms with Gasteiger partial charge in [-0.1, -0.05) is 18.2 Å². The molecule has 0 saturated heterocycles. The van der Waals surface area contributed by atoms with Crippen molar-refractivity contribution in [2.45, 2.75) is 6.54 Å². The van der Waals surface area contributed by atoms with E-state index < -0.39 is 11.6 Å². The van der Waals surface area contributed by atoms with Gasteiger partial charge in [0.25, 0.3) is 0 Å². The largest absolute Gasteiger partial charge is 0.379 e. The molecular formula is C15H12F2N4. The van der Waals surface area contributed by atoms with Crippen LogP contribution in [0, 0.1) is 11.6 Å². The van der Waals surface area contributed by atoms with Crippen LogP contribution in [0.5, 0.6) is 0 Å². The van der Waals surface area contributed by atoms with Crippen molar-refractivity contribution >= 4 is 5.69 Å². The molecule has 0 unspecified atom stereocenters. The van der Waals surface area contributed by atoms with E-state index in [1.807, 2.05) is 24.3 Å². The summed E-state index contributed by atoms with van der Waals surface area (Å²) in [7, 11) is 0. The third-order valence-corrected chi connectivity index (χ3v) is 3.09. The zero-order valence-electron chi connectivity index (χ0n) is 11.0. The topological polar surface area (TPSA) is 42.7 Å². The minimum atomic E-state index is -0.569. The van der Waals surface area contributed by atoms with Crippen molar-refractivity contribution in [3.8, 4) is 5.69 Å². The summed E-state index contributed by atoms with van der Waals surface area (Å²) in [6.45, 7) is 0.0459. The number of benzene rings is 2. The monoisotopic (exact) mass is 286 g/mol. The van der Waals surface area contributed by atoms with Crippen LogP contribution in [0.3, 0.4) is 0 Å². The summed E-state index contributed by atoms with van der Waals surface area (Å²) < 4.78 is 28.8. The number of rotatable bonds is 4. The fourth-order valence-electron chi connectivity index (χ4n) is 2.04. The Morgan fingerprint density at radius 2 is 1.76 bits per heavy atom. The Morgan fingerprint density at radius 3 is 2.48 bits per heavy atom. The van der Waals surface area contributed by atoms with E-state index in [0.29, 0.717) is 5.69 Å². The van der Waals surface area contributed by atoms with E-state index in [2.05, 4.69) is 15.4 Å². The van der Waals surface area contributed by atoms with Gasteiger partial charge in [0.05, 0.1) is 11.4 Å². The van der Waals surface area contributed by atoms with Crippen LogP contribution < -0.4 is 5.32 Å². The first-order chi connectivity index (χ1) is 10.3. The van der Waals surface area contributed by atoms with Crippen LogP contribution >= 0.6 is 0 Å². The van der Waals surface area contributed by atoms with Crippen LogP contribution in [-0.2, 0) is 6.54 Å². The molecule has 0 bridgehead atoms. The predicted octanol–water partition coefficient (Wildman–Crippen LogP) is 3.16. The van der Waals surface area contributed by atoms with E-state index in [-0.39, 0.29) is 12.1 Å². The molecule has 4 nitrogen and oxygen atoms in total. The average molecular weight is 286 g/mol. The van der Waals surface area contributed by atoms with Gasteiger partial charge in [-0.05, 0) is 24.3 Å². The minimum absolute atomic E-state index is 0.00546. The lowest BCUT2D eigenvalue weighted by Crippen LogP contribution is -2.07. The fraction of sp³-hybridized carbons (Fsp3) is 0.0667. The Bertz CT molecular complexity index is 721. The number of aromatic nitrogens is 3. The molecule has 0 spiro atoms. The second-order valence-electron chi connectivity index (χ2n) is 4.41. The third kappa shape index (κ3) is 2.74. The second-order valence-corrected chi connectivity index (χ2v) is 4.41. The van der Waals surface area contributed by atoms with Gasteiger partial charge in [-0.2, -0.15) is 5.10 Å². The highest BCUT2D eigenvalue weighted by molar-refractivity contribution is 5.60. The third-order valence-electron chi connectivity index (χ3n) is 3.09. The second kappa shape index (κ2) is 5.70. The number of hydrogen-bond donors (Lipinski definition) is 1. The van der Waals surface area contributed by atoms with Crippen LogP contribution in [-0.4, -0.2) is 14.8 Å². The van der Waals surface area contributed by atoms with E-state index in [1.165, 1.54) is 24.5 Å². The summed E-state index contributed by atoms with van der Waals surface area (Å²) >= 11 is 0. The minimum Gasteiger partial charge on any atom is -0.379 e. The van der Waals surface area contributed by atoms with Crippen LogP contribution in [0.15, 0.2) is 55.1 Å². The van der Waals surface area contributed by atoms with Crippen molar-refractivity contribution in [2.75, 3.05) is 5.32 Å². The van der Waals surface area contributed by atoms with E-state index in [0.717, 1.165) is 5.69 Å². The van der Waals surface area contributed by atoms with Gasteiger partial charge in [-0.3, -0.25) is 0 Å². The van der Waals surface area contributed by atoms with Gasteiger partial charge in [0, 0.05) is 12.1 Å². The van der Waals surface area contributed by atoms with Crippen molar-refractivity contribution in [1.29, 1.82) is 0 Å². The molecule has 106 valence electrons. The molecule has 3 aromatic rings. The molecule has 0 amide bonds. The van der Waals surface area contributed by atoms with E-state index in [1.54, 1.807) is 11.0 Å². The first kappa shape index (κ1) is 13.2.